The summed E-state index contributed by atoms with van der Waals surface area (Å²) in [6, 6.07) is 0.554. The predicted octanol–water partition coefficient (Wildman–Crippen LogP) is -1.01. The average molecular weight is 125 g/mol. The van der Waals surface area contributed by atoms with Crippen LogP contribution >= 0.6 is 0 Å². The summed E-state index contributed by atoms with van der Waals surface area (Å²) in [7, 11) is 0. The number of hydrogen-bond acceptors (Lipinski definition) is 3. The number of fused-ring (bicyclic) bond motifs is 1. The van der Waals surface area contributed by atoms with Crippen LogP contribution in [-0.4, -0.2) is 25.8 Å². The first-order chi connectivity index (χ1) is 4.47. The first-order valence-corrected chi connectivity index (χ1v) is 3.35. The van der Waals surface area contributed by atoms with Gasteiger partial charge in [0, 0.05) is 18.8 Å². The first-order valence-electron chi connectivity index (χ1n) is 3.35. The van der Waals surface area contributed by atoms with Gasteiger partial charge in [0.05, 0.1) is 12.7 Å². The average Bonchev–Trinajstić information content (AvgIpc) is 2.33. The van der Waals surface area contributed by atoms with Crippen LogP contribution in [0.5, 0.6) is 0 Å². The molecule has 2 aliphatic rings. The van der Waals surface area contributed by atoms with Gasteiger partial charge in [-0.2, -0.15) is 0 Å². The maximum atomic E-state index is 3.32. The van der Waals surface area contributed by atoms with Gasteiger partial charge in [-0.05, 0) is 6.08 Å². The molecule has 0 saturated carbocycles. The molecular weight excluding hydrogens is 114 g/mol. The molecule has 0 spiro atoms. The van der Waals surface area contributed by atoms with E-state index in [2.05, 4.69) is 22.0 Å². The lowest BCUT2D eigenvalue weighted by atomic mass is 10.2. The van der Waals surface area contributed by atoms with Crippen molar-refractivity contribution < 1.29 is 0 Å². The second kappa shape index (κ2) is 2.01. The summed E-state index contributed by atoms with van der Waals surface area (Å²) >= 11 is 0. The molecule has 0 radical (unpaired) electrons. The number of hydrogen-bond donors (Lipinski definition) is 3. The summed E-state index contributed by atoms with van der Waals surface area (Å²) in [6.07, 6.45) is 2.20. The summed E-state index contributed by atoms with van der Waals surface area (Å²) < 4.78 is 0. The zero-order valence-electron chi connectivity index (χ0n) is 5.28. The van der Waals surface area contributed by atoms with Gasteiger partial charge in [0.1, 0.15) is 0 Å². The van der Waals surface area contributed by atoms with Crippen LogP contribution in [0, 0.1) is 0 Å². The van der Waals surface area contributed by atoms with E-state index in [1.165, 1.54) is 5.70 Å². The monoisotopic (exact) mass is 125 g/mol. The zero-order chi connectivity index (χ0) is 6.10. The van der Waals surface area contributed by atoms with Gasteiger partial charge in [0.25, 0.3) is 0 Å². The van der Waals surface area contributed by atoms with Crippen molar-refractivity contribution in [1.82, 2.24) is 16.0 Å². The fraction of sp³-hybridized carbons (Fsp3) is 0.667. The third-order valence-corrected chi connectivity index (χ3v) is 1.83. The molecule has 1 fully saturated rings. The Kier molecular flexibility index (Phi) is 1.17. The van der Waals surface area contributed by atoms with Crippen molar-refractivity contribution >= 4 is 0 Å². The maximum absolute atomic E-state index is 3.32. The summed E-state index contributed by atoms with van der Waals surface area (Å²) in [6.45, 7) is 3.01. The van der Waals surface area contributed by atoms with E-state index in [1.54, 1.807) is 0 Å². The molecule has 3 nitrogen and oxygen atoms in total. The third-order valence-electron chi connectivity index (χ3n) is 1.83. The lowest BCUT2D eigenvalue weighted by Crippen LogP contribution is -2.38. The van der Waals surface area contributed by atoms with E-state index in [0.717, 1.165) is 19.8 Å². The topological polar surface area (TPSA) is 36.1 Å². The molecule has 50 valence electrons. The van der Waals surface area contributed by atoms with Gasteiger partial charge in [0.15, 0.2) is 0 Å². The lowest BCUT2D eigenvalue weighted by molar-refractivity contribution is 0.580. The molecule has 2 heterocycles. The van der Waals surface area contributed by atoms with Crippen LogP contribution in [0.15, 0.2) is 11.8 Å². The number of nitrogens with one attached hydrogen (secondary N) is 3. The summed E-state index contributed by atoms with van der Waals surface area (Å²) in [4.78, 5) is 0. The third kappa shape index (κ3) is 0.821. The molecule has 2 rings (SSSR count). The van der Waals surface area contributed by atoms with Crippen LogP contribution in [0.2, 0.25) is 0 Å². The van der Waals surface area contributed by atoms with Crippen LogP contribution < -0.4 is 16.0 Å². The van der Waals surface area contributed by atoms with E-state index in [9.17, 15) is 0 Å². The maximum Gasteiger partial charge on any atom is 0.0656 e. The molecule has 1 unspecified atom stereocenters. The SMILES string of the molecule is C1=C2NCNC2CNC1. The van der Waals surface area contributed by atoms with Gasteiger partial charge >= 0.3 is 0 Å². The van der Waals surface area contributed by atoms with Crippen molar-refractivity contribution in [2.45, 2.75) is 6.04 Å². The molecule has 0 aromatic carbocycles. The minimum atomic E-state index is 0.554. The molecule has 9 heavy (non-hydrogen) atoms. The van der Waals surface area contributed by atoms with E-state index in [-0.39, 0.29) is 0 Å². The van der Waals surface area contributed by atoms with Gasteiger partial charge in [0.2, 0.25) is 0 Å². The van der Waals surface area contributed by atoms with E-state index < -0.39 is 0 Å². The van der Waals surface area contributed by atoms with Gasteiger partial charge < -0.3 is 10.6 Å². The minimum Gasteiger partial charge on any atom is -0.375 e. The smallest absolute Gasteiger partial charge is 0.0656 e. The Balaban J connectivity index is 2.16. The van der Waals surface area contributed by atoms with Crippen molar-refractivity contribution in [3.8, 4) is 0 Å². The first kappa shape index (κ1) is 5.26. The minimum absolute atomic E-state index is 0.554. The molecule has 0 aliphatic carbocycles. The molecular formula is C6H11N3. The number of rotatable bonds is 0. The van der Waals surface area contributed by atoms with Crippen molar-refractivity contribution in [2.75, 3.05) is 19.8 Å². The van der Waals surface area contributed by atoms with Crippen molar-refractivity contribution in [2.24, 2.45) is 0 Å². The Morgan fingerprint density at radius 1 is 1.56 bits per heavy atom. The highest BCUT2D eigenvalue weighted by atomic mass is 15.2. The molecule has 1 saturated heterocycles. The van der Waals surface area contributed by atoms with Gasteiger partial charge in [-0.3, -0.25) is 5.32 Å². The van der Waals surface area contributed by atoms with Crippen molar-refractivity contribution in [1.29, 1.82) is 0 Å². The molecule has 3 N–H and O–H groups in total. The van der Waals surface area contributed by atoms with E-state index in [0.29, 0.717) is 6.04 Å². The van der Waals surface area contributed by atoms with E-state index in [1.807, 2.05) is 0 Å². The Morgan fingerprint density at radius 3 is 3.44 bits per heavy atom. The Bertz CT molecular complexity index is 141. The van der Waals surface area contributed by atoms with Crippen LogP contribution in [0.3, 0.4) is 0 Å². The van der Waals surface area contributed by atoms with E-state index >= 15 is 0 Å². The molecule has 2 aliphatic heterocycles. The zero-order valence-corrected chi connectivity index (χ0v) is 5.28. The quantitative estimate of drug-likeness (QED) is 0.388. The summed E-state index contributed by atoms with van der Waals surface area (Å²) in [5.74, 6) is 0. The van der Waals surface area contributed by atoms with Crippen LogP contribution in [-0.2, 0) is 0 Å². The molecule has 1 atom stereocenters. The summed E-state index contributed by atoms with van der Waals surface area (Å²) in [5.41, 5.74) is 1.37. The van der Waals surface area contributed by atoms with Gasteiger partial charge in [-0.25, -0.2) is 0 Å². The van der Waals surface area contributed by atoms with Crippen LogP contribution in [0.25, 0.3) is 0 Å². The van der Waals surface area contributed by atoms with Crippen LogP contribution in [0.1, 0.15) is 0 Å². The molecule has 0 bridgehead atoms. The highest BCUT2D eigenvalue weighted by Gasteiger charge is 2.20. The fourth-order valence-corrected chi connectivity index (χ4v) is 1.32. The van der Waals surface area contributed by atoms with E-state index in [4.69, 9.17) is 0 Å². The predicted molar refractivity (Wildman–Crippen MR) is 35.9 cm³/mol. The molecule has 0 amide bonds. The lowest BCUT2D eigenvalue weighted by Gasteiger charge is -2.16. The highest BCUT2D eigenvalue weighted by molar-refractivity contribution is 5.16. The molecule has 0 aromatic rings. The van der Waals surface area contributed by atoms with Gasteiger partial charge in [-0.1, -0.05) is 0 Å². The second-order valence-electron chi connectivity index (χ2n) is 2.43. The Labute approximate surface area is 54.5 Å². The van der Waals surface area contributed by atoms with Crippen LogP contribution in [0.4, 0.5) is 0 Å². The van der Waals surface area contributed by atoms with Gasteiger partial charge in [-0.15, -0.1) is 0 Å². The Hall–Kier alpha value is -0.540. The Morgan fingerprint density at radius 2 is 2.56 bits per heavy atom. The standard InChI is InChI=1S/C6H11N3/c1-2-7-3-6-5(1)8-4-9-6/h1,6-9H,2-4H2. The fourth-order valence-electron chi connectivity index (χ4n) is 1.32. The molecule has 3 heteroatoms. The largest absolute Gasteiger partial charge is 0.375 e. The second-order valence-corrected chi connectivity index (χ2v) is 2.43. The summed E-state index contributed by atoms with van der Waals surface area (Å²) in [5, 5.41) is 9.86. The van der Waals surface area contributed by atoms with Crippen molar-refractivity contribution in [3.05, 3.63) is 11.8 Å². The normalized spacial score (nSPS) is 32.9. The highest BCUT2D eigenvalue weighted by Crippen LogP contribution is 2.05. The molecule has 0 aromatic heterocycles. The van der Waals surface area contributed by atoms with Crippen molar-refractivity contribution in [3.63, 3.8) is 0 Å².